The van der Waals surface area contributed by atoms with Crippen LogP contribution >= 0.6 is 0 Å². The van der Waals surface area contributed by atoms with E-state index >= 15 is 0 Å². The van der Waals surface area contributed by atoms with Crippen molar-refractivity contribution in [3.8, 4) is 0 Å². The minimum absolute atomic E-state index is 0. The number of aliphatic hydroxyl groups excluding tert-OH is 3. The molecule has 3 N–H and O–H groups in total. The molecule has 5 aliphatic rings. The maximum absolute atomic E-state index is 13.1. The molecule has 12 atom stereocenters. The van der Waals surface area contributed by atoms with E-state index in [1.165, 1.54) is 23.8 Å². The van der Waals surface area contributed by atoms with Crippen molar-refractivity contribution in [1.29, 1.82) is 0 Å². The van der Waals surface area contributed by atoms with E-state index in [1.807, 2.05) is 55.4 Å². The summed E-state index contributed by atoms with van der Waals surface area (Å²) in [6.45, 7) is 24.0. The smallest absolute Gasteiger partial charge is 0.331 e. The van der Waals surface area contributed by atoms with Crippen molar-refractivity contribution in [1.82, 2.24) is 0 Å². The molecule has 4 saturated carbocycles. The number of rotatable bonds is 8. The molecular formula is C47H76O9. The van der Waals surface area contributed by atoms with Crippen molar-refractivity contribution in [3.63, 3.8) is 0 Å². The number of ether oxygens (including phenoxy) is 3. The van der Waals surface area contributed by atoms with Crippen LogP contribution in [0.25, 0.3) is 0 Å². The van der Waals surface area contributed by atoms with Gasteiger partial charge in [0.05, 0.1) is 24.2 Å². The Labute approximate surface area is 338 Å². The van der Waals surface area contributed by atoms with Gasteiger partial charge in [0.2, 0.25) is 0 Å². The highest BCUT2D eigenvalue weighted by Crippen LogP contribution is 2.76. The third-order valence-electron chi connectivity index (χ3n) is 15.3. The van der Waals surface area contributed by atoms with Crippen LogP contribution in [0.5, 0.6) is 0 Å². The van der Waals surface area contributed by atoms with Gasteiger partial charge in [-0.05, 0) is 120 Å². The van der Waals surface area contributed by atoms with Crippen LogP contribution in [0.2, 0.25) is 0 Å². The molecular weight excluding hydrogens is 709 g/mol. The highest BCUT2D eigenvalue weighted by atomic mass is 16.6. The zero-order chi connectivity index (χ0) is 40.4. The molecule has 3 unspecified atom stereocenters. The lowest BCUT2D eigenvalue weighted by atomic mass is 9.33. The normalized spacial score (nSPS) is 40.4. The van der Waals surface area contributed by atoms with Gasteiger partial charge in [0.1, 0.15) is 18.8 Å². The van der Waals surface area contributed by atoms with Crippen LogP contribution in [0.3, 0.4) is 0 Å². The van der Waals surface area contributed by atoms with Gasteiger partial charge in [0.15, 0.2) is 0 Å². The van der Waals surface area contributed by atoms with Gasteiger partial charge in [-0.3, -0.25) is 0 Å². The van der Waals surface area contributed by atoms with E-state index in [-0.39, 0.29) is 62.6 Å². The lowest BCUT2D eigenvalue weighted by Crippen LogP contribution is -2.72. The number of carbonyl (C=O) groups excluding carboxylic acids is 3. The number of aliphatic hydroxyl groups is 3. The average molecular weight is 785 g/mol. The Hall–Kier alpha value is -2.75. The Morgan fingerprint density at radius 2 is 1.25 bits per heavy atom. The first-order valence-electron chi connectivity index (χ1n) is 20.1. The predicted molar refractivity (Wildman–Crippen MR) is 221 cm³/mol. The van der Waals surface area contributed by atoms with Crippen LogP contribution in [0.1, 0.15) is 143 Å². The second-order valence-electron chi connectivity index (χ2n) is 20.1. The van der Waals surface area contributed by atoms with E-state index in [4.69, 9.17) is 14.2 Å². The van der Waals surface area contributed by atoms with Crippen LogP contribution < -0.4 is 0 Å². The SMILES string of the molecule is C.C.CC(C)=CC(=O)OC[C@@]12C(CC(C)(C)[C@@H](OC(=O)C=C(C)C)[C@@H]1O)C1=CCC3[C@@]4(C)CC[C@H](O)[C@](C)(COC(=O)C=C(C)C)C4CC[C@@]3(C)[C@]1(C)C[C@H]2O. The van der Waals surface area contributed by atoms with Gasteiger partial charge < -0.3 is 29.5 Å². The molecule has 0 heterocycles. The van der Waals surface area contributed by atoms with Crippen molar-refractivity contribution in [2.24, 2.45) is 50.2 Å². The van der Waals surface area contributed by atoms with Crippen LogP contribution in [0.15, 0.2) is 46.6 Å². The molecule has 0 bridgehead atoms. The molecule has 0 aromatic rings. The zero-order valence-electron chi connectivity index (χ0n) is 35.0. The minimum atomic E-state index is -1.31. The molecule has 0 aromatic carbocycles. The Morgan fingerprint density at radius 3 is 1.80 bits per heavy atom. The molecule has 0 spiro atoms. The first-order chi connectivity index (χ1) is 24.9. The van der Waals surface area contributed by atoms with Crippen molar-refractivity contribution >= 4 is 17.9 Å². The summed E-state index contributed by atoms with van der Waals surface area (Å²) in [7, 11) is 0. The van der Waals surface area contributed by atoms with Crippen LogP contribution in [-0.2, 0) is 28.6 Å². The molecule has 9 nitrogen and oxygen atoms in total. The molecule has 318 valence electrons. The maximum atomic E-state index is 13.1. The Bertz CT molecular complexity index is 1620. The summed E-state index contributed by atoms with van der Waals surface area (Å²) in [6, 6.07) is 0. The second-order valence-corrected chi connectivity index (χ2v) is 20.1. The molecule has 0 aliphatic heterocycles. The van der Waals surface area contributed by atoms with Gasteiger partial charge in [-0.2, -0.15) is 0 Å². The highest BCUT2D eigenvalue weighted by Gasteiger charge is 2.73. The van der Waals surface area contributed by atoms with Gasteiger partial charge >= 0.3 is 17.9 Å². The maximum Gasteiger partial charge on any atom is 0.331 e. The van der Waals surface area contributed by atoms with Crippen LogP contribution in [0.4, 0.5) is 0 Å². The molecule has 0 aromatic heterocycles. The molecule has 56 heavy (non-hydrogen) atoms. The molecule has 5 aliphatic carbocycles. The highest BCUT2D eigenvalue weighted by molar-refractivity contribution is 5.83. The van der Waals surface area contributed by atoms with E-state index in [9.17, 15) is 29.7 Å². The van der Waals surface area contributed by atoms with Gasteiger partial charge in [-0.25, -0.2) is 14.4 Å². The molecule has 5 rings (SSSR count). The number of fused-ring (bicyclic) bond motifs is 7. The van der Waals surface area contributed by atoms with Crippen molar-refractivity contribution < 1.29 is 43.9 Å². The van der Waals surface area contributed by atoms with Crippen LogP contribution in [0, 0.1) is 50.2 Å². The molecule has 4 fully saturated rings. The number of hydrogen-bond acceptors (Lipinski definition) is 9. The molecule has 9 heteroatoms. The van der Waals surface area contributed by atoms with Crippen molar-refractivity contribution in [2.75, 3.05) is 13.2 Å². The number of carbonyl (C=O) groups is 3. The predicted octanol–water partition coefficient (Wildman–Crippen LogP) is 8.85. The summed E-state index contributed by atoms with van der Waals surface area (Å²) < 4.78 is 17.8. The van der Waals surface area contributed by atoms with E-state index in [0.717, 1.165) is 42.4 Å². The summed E-state index contributed by atoms with van der Waals surface area (Å²) in [5.41, 5.74) is 0.105. The number of allylic oxidation sites excluding steroid dienone is 5. The fraction of sp³-hybridized carbons (Fsp3) is 0.766. The van der Waals surface area contributed by atoms with E-state index in [2.05, 4.69) is 33.8 Å². The Balaban J connectivity index is 0.00000420. The number of esters is 3. The number of hydrogen-bond donors (Lipinski definition) is 3. The van der Waals surface area contributed by atoms with E-state index < -0.39 is 58.0 Å². The van der Waals surface area contributed by atoms with Crippen molar-refractivity contribution in [2.45, 2.75) is 167 Å². The largest absolute Gasteiger partial charge is 0.462 e. The first kappa shape index (κ1) is 47.6. The molecule has 0 saturated heterocycles. The summed E-state index contributed by atoms with van der Waals surface area (Å²) in [5.74, 6) is -1.50. The second kappa shape index (κ2) is 16.5. The fourth-order valence-electron chi connectivity index (χ4n) is 12.5. The van der Waals surface area contributed by atoms with E-state index in [1.54, 1.807) is 0 Å². The van der Waals surface area contributed by atoms with Crippen LogP contribution in [-0.4, -0.2) is 70.9 Å². The monoisotopic (exact) mass is 785 g/mol. The van der Waals surface area contributed by atoms with Gasteiger partial charge in [0, 0.05) is 29.1 Å². The summed E-state index contributed by atoms with van der Waals surface area (Å²) in [5, 5.41) is 36.7. The average Bonchev–Trinajstić information content (AvgIpc) is 3.03. The van der Waals surface area contributed by atoms with Gasteiger partial charge in [0.25, 0.3) is 0 Å². The summed E-state index contributed by atoms with van der Waals surface area (Å²) in [6.07, 6.45) is 7.54. The zero-order valence-corrected chi connectivity index (χ0v) is 35.0. The molecule has 0 amide bonds. The third kappa shape index (κ3) is 7.75. The van der Waals surface area contributed by atoms with Gasteiger partial charge in [-0.15, -0.1) is 0 Å². The van der Waals surface area contributed by atoms with Crippen molar-refractivity contribution in [3.05, 3.63) is 46.6 Å². The minimum Gasteiger partial charge on any atom is -0.462 e. The topological polar surface area (TPSA) is 140 Å². The lowest BCUT2D eigenvalue weighted by Gasteiger charge is -2.72. The summed E-state index contributed by atoms with van der Waals surface area (Å²) >= 11 is 0. The Morgan fingerprint density at radius 1 is 0.714 bits per heavy atom. The van der Waals surface area contributed by atoms with Gasteiger partial charge in [-0.1, -0.05) is 84.8 Å². The standard InChI is InChI=1S/C45H68O9.2CH4/c1-26(2)19-35(48)52-24-42(10)31-15-18-43(11)32(41(31,9)17-16-33(42)46)14-13-29-30-22-40(7,8)39(54-37(50)21-28(5)6)38(51)45(30,34(47)23-44(29,43)12)25-53-36(49)20-27(3)4;;/h13,19-21,30-34,38-39,46-47,51H,14-18,22-25H2,1-12H3;2*1H4/t30?,31?,32?,33-,34+,38-,39-,41-,42+,43+,44+,45-;;/m0../s1. The summed E-state index contributed by atoms with van der Waals surface area (Å²) in [4.78, 5) is 38.8. The Kier molecular flexibility index (Phi) is 14.0. The fourth-order valence-corrected chi connectivity index (χ4v) is 12.5. The lowest BCUT2D eigenvalue weighted by molar-refractivity contribution is -0.263. The molecule has 0 radical (unpaired) electrons. The first-order valence-corrected chi connectivity index (χ1v) is 20.1. The quantitative estimate of drug-likeness (QED) is 0.0954. The third-order valence-corrected chi connectivity index (χ3v) is 15.3. The van der Waals surface area contributed by atoms with E-state index in [0.29, 0.717) is 19.3 Å².